The summed E-state index contributed by atoms with van der Waals surface area (Å²) in [6.07, 6.45) is 5.68. The van der Waals surface area contributed by atoms with Gasteiger partial charge in [0.05, 0.1) is 10.5 Å². The molecular weight excluding hydrogens is 260 g/mol. The fourth-order valence-corrected chi connectivity index (χ4v) is 2.04. The highest BCUT2D eigenvalue weighted by molar-refractivity contribution is 6.35. The lowest BCUT2D eigenvalue weighted by molar-refractivity contribution is 0.0936. The molecule has 1 heterocycles. The molecule has 1 unspecified atom stereocenters. The van der Waals surface area contributed by atoms with Gasteiger partial charge in [0.2, 0.25) is 0 Å². The summed E-state index contributed by atoms with van der Waals surface area (Å²) in [7, 11) is 0. The van der Waals surface area contributed by atoms with Crippen LogP contribution in [0.3, 0.4) is 0 Å². The Morgan fingerprint density at radius 1 is 1.53 bits per heavy atom. The summed E-state index contributed by atoms with van der Waals surface area (Å²) in [4.78, 5) is 16.3. The second-order valence-electron chi connectivity index (χ2n) is 4.29. The molecule has 0 spiro atoms. The largest absolute Gasteiger partial charge is 0.347 e. The fraction of sp³-hybridized carbons (Fsp3) is 0.200. The maximum atomic E-state index is 12.0. The van der Waals surface area contributed by atoms with Crippen molar-refractivity contribution in [3.05, 3.63) is 41.0 Å². The summed E-state index contributed by atoms with van der Waals surface area (Å²) >= 11 is 6.15. The number of aromatic nitrogens is 1. The van der Waals surface area contributed by atoms with Gasteiger partial charge in [-0.2, -0.15) is 0 Å². The molecule has 0 aliphatic heterocycles. The van der Waals surface area contributed by atoms with Crippen molar-refractivity contribution in [2.75, 3.05) is 0 Å². The Morgan fingerprint density at radius 2 is 2.26 bits per heavy atom. The molecule has 1 aromatic heterocycles. The smallest absolute Gasteiger partial charge is 0.270 e. The molecular formula is C15H13ClN2O. The van der Waals surface area contributed by atoms with E-state index < -0.39 is 0 Å². The maximum absolute atomic E-state index is 12.0. The Labute approximate surface area is 117 Å². The highest BCUT2D eigenvalue weighted by Gasteiger charge is 2.13. The van der Waals surface area contributed by atoms with Gasteiger partial charge in [-0.15, -0.1) is 12.3 Å². The van der Waals surface area contributed by atoms with E-state index in [4.69, 9.17) is 18.0 Å². The normalized spacial score (nSPS) is 11.8. The number of pyridine rings is 1. The van der Waals surface area contributed by atoms with Crippen LogP contribution in [0, 0.1) is 12.3 Å². The van der Waals surface area contributed by atoms with Crippen molar-refractivity contribution in [3.8, 4) is 12.3 Å². The van der Waals surface area contributed by atoms with Gasteiger partial charge in [-0.25, -0.2) is 4.98 Å². The van der Waals surface area contributed by atoms with E-state index in [1.54, 1.807) is 6.07 Å². The molecule has 0 saturated carbocycles. The first kappa shape index (κ1) is 13.4. The van der Waals surface area contributed by atoms with Gasteiger partial charge in [-0.1, -0.05) is 29.8 Å². The molecule has 0 radical (unpaired) electrons. The molecule has 1 aromatic carbocycles. The predicted molar refractivity (Wildman–Crippen MR) is 77.1 cm³/mol. The monoisotopic (exact) mass is 272 g/mol. The molecule has 19 heavy (non-hydrogen) atoms. The molecule has 1 atom stereocenters. The van der Waals surface area contributed by atoms with E-state index >= 15 is 0 Å². The first-order valence-corrected chi connectivity index (χ1v) is 6.29. The number of fused-ring (bicyclic) bond motifs is 1. The van der Waals surface area contributed by atoms with Crippen LogP contribution in [0.1, 0.15) is 23.8 Å². The van der Waals surface area contributed by atoms with Crippen LogP contribution in [0.4, 0.5) is 0 Å². The predicted octanol–water partition coefficient (Wildman–Crippen LogP) is 3.03. The Hall–Kier alpha value is -2.05. The number of hydrogen-bond acceptors (Lipinski definition) is 2. The van der Waals surface area contributed by atoms with Crippen molar-refractivity contribution < 1.29 is 4.79 Å². The maximum Gasteiger partial charge on any atom is 0.270 e. The quantitative estimate of drug-likeness (QED) is 0.873. The zero-order chi connectivity index (χ0) is 13.8. The van der Waals surface area contributed by atoms with Gasteiger partial charge >= 0.3 is 0 Å². The zero-order valence-corrected chi connectivity index (χ0v) is 11.2. The van der Waals surface area contributed by atoms with Crippen LogP contribution in [-0.4, -0.2) is 16.9 Å². The standard InChI is InChI=1S/C15H13ClN2O/c1-3-6-10(2)17-15(19)14-9-12(16)11-7-4-5-8-13(11)18-14/h1,4-5,7-10H,6H2,2H3,(H,17,19). The van der Waals surface area contributed by atoms with Gasteiger partial charge in [0.25, 0.3) is 5.91 Å². The number of terminal acetylenes is 1. The van der Waals surface area contributed by atoms with Crippen LogP contribution < -0.4 is 5.32 Å². The van der Waals surface area contributed by atoms with Gasteiger partial charge in [-0.3, -0.25) is 4.79 Å². The summed E-state index contributed by atoms with van der Waals surface area (Å²) in [5.74, 6) is 2.24. The highest BCUT2D eigenvalue weighted by Crippen LogP contribution is 2.22. The Kier molecular flexibility index (Phi) is 4.03. The van der Waals surface area contributed by atoms with E-state index in [1.807, 2.05) is 31.2 Å². The molecule has 1 N–H and O–H groups in total. The first-order valence-electron chi connectivity index (χ1n) is 5.91. The van der Waals surface area contributed by atoms with E-state index in [0.29, 0.717) is 22.7 Å². The summed E-state index contributed by atoms with van der Waals surface area (Å²) in [5, 5.41) is 4.13. The van der Waals surface area contributed by atoms with Gasteiger partial charge in [-0.05, 0) is 19.1 Å². The second kappa shape index (κ2) is 5.73. The number of para-hydroxylation sites is 1. The second-order valence-corrected chi connectivity index (χ2v) is 4.70. The van der Waals surface area contributed by atoms with E-state index in [0.717, 1.165) is 5.39 Å². The minimum absolute atomic E-state index is 0.0930. The van der Waals surface area contributed by atoms with Gasteiger partial charge < -0.3 is 5.32 Å². The average Bonchev–Trinajstić information content (AvgIpc) is 2.39. The van der Waals surface area contributed by atoms with Crippen molar-refractivity contribution in [3.63, 3.8) is 0 Å². The lowest BCUT2D eigenvalue weighted by Crippen LogP contribution is -2.32. The van der Waals surface area contributed by atoms with E-state index in [9.17, 15) is 4.79 Å². The highest BCUT2D eigenvalue weighted by atomic mass is 35.5. The number of carbonyl (C=O) groups excluding carboxylic acids is 1. The van der Waals surface area contributed by atoms with Crippen LogP contribution in [0.25, 0.3) is 10.9 Å². The Bertz CT molecular complexity index is 661. The van der Waals surface area contributed by atoms with Crippen molar-refractivity contribution >= 4 is 28.4 Å². The number of carbonyl (C=O) groups is 1. The van der Waals surface area contributed by atoms with Crippen LogP contribution in [0.15, 0.2) is 30.3 Å². The topological polar surface area (TPSA) is 42.0 Å². The van der Waals surface area contributed by atoms with Crippen LogP contribution in [0.2, 0.25) is 5.02 Å². The fourth-order valence-electron chi connectivity index (χ4n) is 1.77. The molecule has 2 rings (SSSR count). The third kappa shape index (κ3) is 3.04. The minimum Gasteiger partial charge on any atom is -0.347 e. The summed E-state index contributed by atoms with van der Waals surface area (Å²) in [6.45, 7) is 1.85. The van der Waals surface area contributed by atoms with Crippen LogP contribution in [0.5, 0.6) is 0 Å². The van der Waals surface area contributed by atoms with E-state index in [1.165, 1.54) is 0 Å². The third-order valence-corrected chi connectivity index (χ3v) is 3.01. The van der Waals surface area contributed by atoms with Gasteiger partial charge in [0, 0.05) is 17.8 Å². The lowest BCUT2D eigenvalue weighted by Gasteiger charge is -2.11. The number of rotatable bonds is 3. The Balaban J connectivity index is 2.31. The van der Waals surface area contributed by atoms with Gasteiger partial charge in [0.15, 0.2) is 0 Å². The SMILES string of the molecule is C#CCC(C)NC(=O)c1cc(Cl)c2ccccc2n1. The molecule has 0 aliphatic carbocycles. The number of nitrogens with zero attached hydrogens (tertiary/aromatic N) is 1. The number of halogens is 1. The zero-order valence-electron chi connectivity index (χ0n) is 10.5. The van der Waals surface area contributed by atoms with E-state index in [-0.39, 0.29) is 11.9 Å². The van der Waals surface area contributed by atoms with Crippen LogP contribution in [-0.2, 0) is 0 Å². The number of benzene rings is 1. The third-order valence-electron chi connectivity index (χ3n) is 2.70. The average molecular weight is 273 g/mol. The molecule has 4 heteroatoms. The van der Waals surface area contributed by atoms with Crippen LogP contribution >= 0.6 is 11.6 Å². The van der Waals surface area contributed by atoms with Crippen molar-refractivity contribution in [2.24, 2.45) is 0 Å². The number of amides is 1. The molecule has 1 amide bonds. The minimum atomic E-state index is -0.268. The summed E-state index contributed by atoms with van der Waals surface area (Å²) in [5.41, 5.74) is 0.998. The van der Waals surface area contributed by atoms with Crippen molar-refractivity contribution in [1.29, 1.82) is 0 Å². The van der Waals surface area contributed by atoms with Crippen molar-refractivity contribution in [2.45, 2.75) is 19.4 Å². The molecule has 2 aromatic rings. The number of hydrogen-bond donors (Lipinski definition) is 1. The number of nitrogens with one attached hydrogen (secondary N) is 1. The molecule has 0 fully saturated rings. The van der Waals surface area contributed by atoms with E-state index in [2.05, 4.69) is 16.2 Å². The summed E-state index contributed by atoms with van der Waals surface area (Å²) < 4.78 is 0. The molecule has 3 nitrogen and oxygen atoms in total. The first-order chi connectivity index (χ1) is 9.11. The lowest BCUT2D eigenvalue weighted by atomic mass is 10.2. The summed E-state index contributed by atoms with van der Waals surface area (Å²) in [6, 6.07) is 8.90. The Morgan fingerprint density at radius 3 is 3.00 bits per heavy atom. The van der Waals surface area contributed by atoms with Gasteiger partial charge in [0.1, 0.15) is 5.69 Å². The molecule has 0 aliphatic rings. The van der Waals surface area contributed by atoms with Crippen molar-refractivity contribution in [1.82, 2.24) is 10.3 Å². The molecule has 0 bridgehead atoms. The molecule has 0 saturated heterocycles. The molecule has 96 valence electrons.